The fourth-order valence-corrected chi connectivity index (χ4v) is 1.87. The summed E-state index contributed by atoms with van der Waals surface area (Å²) in [6.45, 7) is 9.41. The predicted octanol–water partition coefficient (Wildman–Crippen LogP) is 2.74. The Labute approximate surface area is 116 Å². The number of Topliss-reactive ketones (excluding diaryl/α,β-unsaturated/α-hetero) is 1. The van der Waals surface area contributed by atoms with Gasteiger partial charge in [-0.1, -0.05) is 20.8 Å². The van der Waals surface area contributed by atoms with Crippen LogP contribution in [0.15, 0.2) is 12.3 Å². The number of nitrogens with zero attached hydrogens (tertiary/aromatic N) is 2. The van der Waals surface area contributed by atoms with Gasteiger partial charge in [-0.3, -0.25) is 9.48 Å². The summed E-state index contributed by atoms with van der Waals surface area (Å²) < 4.78 is 1.95. The third-order valence-corrected chi connectivity index (χ3v) is 3.27. The van der Waals surface area contributed by atoms with E-state index in [-0.39, 0.29) is 5.78 Å². The van der Waals surface area contributed by atoms with E-state index >= 15 is 0 Å². The monoisotopic (exact) mass is 265 g/mol. The quantitative estimate of drug-likeness (QED) is 0.698. The maximum atomic E-state index is 11.8. The second-order valence-corrected chi connectivity index (χ2v) is 5.47. The van der Waals surface area contributed by atoms with Gasteiger partial charge in [0.25, 0.3) is 0 Å². The first kappa shape index (κ1) is 15.9. The highest BCUT2D eigenvalue weighted by Crippen LogP contribution is 2.10. The average molecular weight is 265 g/mol. The van der Waals surface area contributed by atoms with Crippen molar-refractivity contribution in [2.75, 3.05) is 6.54 Å². The number of carbonyl (C=O) groups is 1. The topological polar surface area (TPSA) is 46.9 Å². The number of nitrogens with one attached hydrogen (secondary N) is 1. The summed E-state index contributed by atoms with van der Waals surface area (Å²) in [5, 5.41) is 7.78. The molecule has 0 radical (unpaired) electrons. The number of rotatable bonds is 9. The minimum Gasteiger partial charge on any atom is -0.315 e. The van der Waals surface area contributed by atoms with E-state index in [0.717, 1.165) is 25.1 Å². The molecule has 1 atom stereocenters. The average Bonchev–Trinajstić information content (AvgIpc) is 2.82. The van der Waals surface area contributed by atoms with Crippen LogP contribution in [0, 0.1) is 0 Å². The summed E-state index contributed by atoms with van der Waals surface area (Å²) in [5.74, 6) is 0.278. The fourth-order valence-electron chi connectivity index (χ4n) is 1.87. The summed E-state index contributed by atoms with van der Waals surface area (Å²) in [5.41, 5.74) is 0.891. The summed E-state index contributed by atoms with van der Waals surface area (Å²) >= 11 is 0. The Hall–Kier alpha value is -1.16. The van der Waals surface area contributed by atoms with Crippen LogP contribution in [0.25, 0.3) is 0 Å². The zero-order valence-electron chi connectivity index (χ0n) is 12.6. The van der Waals surface area contributed by atoms with Crippen LogP contribution < -0.4 is 5.32 Å². The molecule has 0 aliphatic carbocycles. The maximum Gasteiger partial charge on any atom is 0.138 e. The van der Waals surface area contributed by atoms with Gasteiger partial charge in [-0.2, -0.15) is 5.10 Å². The first-order valence-electron chi connectivity index (χ1n) is 7.32. The molecule has 0 bridgehead atoms. The van der Waals surface area contributed by atoms with Crippen LogP contribution >= 0.6 is 0 Å². The lowest BCUT2D eigenvalue weighted by atomic mass is 10.1. The Morgan fingerprint density at radius 3 is 2.79 bits per heavy atom. The minimum absolute atomic E-state index is 0.278. The molecular formula is C15H27N3O. The van der Waals surface area contributed by atoms with Crippen molar-refractivity contribution in [1.82, 2.24) is 15.1 Å². The largest absolute Gasteiger partial charge is 0.315 e. The molecule has 0 spiro atoms. The molecule has 4 nitrogen and oxygen atoms in total. The first-order valence-corrected chi connectivity index (χ1v) is 7.32. The van der Waals surface area contributed by atoms with Crippen molar-refractivity contribution in [3.63, 3.8) is 0 Å². The summed E-state index contributed by atoms with van der Waals surface area (Å²) in [6, 6.07) is 2.84. The molecular weight excluding hydrogens is 238 g/mol. The van der Waals surface area contributed by atoms with Gasteiger partial charge in [0.2, 0.25) is 0 Å². The third-order valence-electron chi connectivity index (χ3n) is 3.27. The van der Waals surface area contributed by atoms with Gasteiger partial charge in [0.1, 0.15) is 5.78 Å². The van der Waals surface area contributed by atoms with E-state index in [1.54, 1.807) is 0 Å². The van der Waals surface area contributed by atoms with Crippen molar-refractivity contribution in [3.05, 3.63) is 18.0 Å². The van der Waals surface area contributed by atoms with Gasteiger partial charge in [0.05, 0.1) is 12.1 Å². The molecule has 1 aromatic heterocycles. The SMILES string of the molecule is CCC(C)n1ccc(CC(=O)CCCNC(C)C)n1. The zero-order chi connectivity index (χ0) is 14.3. The molecule has 1 aromatic rings. The third kappa shape index (κ3) is 6.01. The van der Waals surface area contributed by atoms with Gasteiger partial charge in [-0.05, 0) is 32.4 Å². The highest BCUT2D eigenvalue weighted by molar-refractivity contribution is 5.80. The van der Waals surface area contributed by atoms with E-state index in [2.05, 4.69) is 38.1 Å². The van der Waals surface area contributed by atoms with Crippen LogP contribution in [-0.4, -0.2) is 28.2 Å². The molecule has 1 N–H and O–H groups in total. The van der Waals surface area contributed by atoms with Crippen molar-refractivity contribution >= 4 is 5.78 Å². The Balaban J connectivity index is 2.30. The smallest absolute Gasteiger partial charge is 0.138 e. The van der Waals surface area contributed by atoms with E-state index in [1.807, 2.05) is 16.9 Å². The van der Waals surface area contributed by atoms with Crippen LogP contribution in [0.2, 0.25) is 0 Å². The van der Waals surface area contributed by atoms with Crippen LogP contribution in [0.4, 0.5) is 0 Å². The molecule has 1 rings (SSSR count). The van der Waals surface area contributed by atoms with Crippen LogP contribution in [0.3, 0.4) is 0 Å². The first-order chi connectivity index (χ1) is 9.02. The van der Waals surface area contributed by atoms with E-state index < -0.39 is 0 Å². The lowest BCUT2D eigenvalue weighted by Crippen LogP contribution is -2.24. The Morgan fingerprint density at radius 1 is 1.42 bits per heavy atom. The molecule has 1 unspecified atom stereocenters. The molecule has 0 saturated heterocycles. The molecule has 108 valence electrons. The normalized spacial score (nSPS) is 12.9. The highest BCUT2D eigenvalue weighted by Gasteiger charge is 2.08. The maximum absolute atomic E-state index is 11.8. The zero-order valence-corrected chi connectivity index (χ0v) is 12.6. The van der Waals surface area contributed by atoms with Gasteiger partial charge in [0, 0.05) is 24.7 Å². The molecule has 0 fully saturated rings. The Kier molecular flexibility index (Phi) is 6.78. The predicted molar refractivity (Wildman–Crippen MR) is 78.3 cm³/mol. The molecule has 19 heavy (non-hydrogen) atoms. The minimum atomic E-state index is 0.278. The molecule has 1 heterocycles. The van der Waals surface area contributed by atoms with Crippen molar-refractivity contribution in [2.45, 2.75) is 65.5 Å². The van der Waals surface area contributed by atoms with Crippen molar-refractivity contribution in [3.8, 4) is 0 Å². The Bertz CT molecular complexity index is 384. The van der Waals surface area contributed by atoms with Gasteiger partial charge >= 0.3 is 0 Å². The summed E-state index contributed by atoms with van der Waals surface area (Å²) in [6.07, 6.45) is 5.02. The van der Waals surface area contributed by atoms with E-state index in [1.165, 1.54) is 0 Å². The van der Waals surface area contributed by atoms with E-state index in [0.29, 0.717) is 24.9 Å². The van der Waals surface area contributed by atoms with E-state index in [4.69, 9.17) is 0 Å². The standard InChI is InChI=1S/C15H27N3O/c1-5-13(4)18-10-8-14(17-18)11-15(19)7-6-9-16-12(2)3/h8,10,12-13,16H,5-7,9,11H2,1-4H3. The second-order valence-electron chi connectivity index (χ2n) is 5.47. The van der Waals surface area contributed by atoms with Gasteiger partial charge < -0.3 is 5.32 Å². The van der Waals surface area contributed by atoms with Crippen molar-refractivity contribution < 1.29 is 4.79 Å². The van der Waals surface area contributed by atoms with Crippen LogP contribution in [0.1, 0.15) is 58.7 Å². The number of hydrogen-bond acceptors (Lipinski definition) is 3. The molecule has 0 aliphatic heterocycles. The Morgan fingerprint density at radius 2 is 2.16 bits per heavy atom. The lowest BCUT2D eigenvalue weighted by Gasteiger charge is -2.08. The number of aromatic nitrogens is 2. The van der Waals surface area contributed by atoms with Crippen LogP contribution in [-0.2, 0) is 11.2 Å². The van der Waals surface area contributed by atoms with Crippen LogP contribution in [0.5, 0.6) is 0 Å². The summed E-state index contributed by atoms with van der Waals surface area (Å²) in [4.78, 5) is 11.8. The van der Waals surface area contributed by atoms with Gasteiger partial charge in [-0.25, -0.2) is 0 Å². The summed E-state index contributed by atoms with van der Waals surface area (Å²) in [7, 11) is 0. The molecule has 4 heteroatoms. The molecule has 0 aliphatic rings. The molecule has 0 saturated carbocycles. The number of hydrogen-bond donors (Lipinski definition) is 1. The number of ketones is 1. The fraction of sp³-hybridized carbons (Fsp3) is 0.733. The van der Waals surface area contributed by atoms with E-state index in [9.17, 15) is 4.79 Å². The van der Waals surface area contributed by atoms with Crippen molar-refractivity contribution in [2.24, 2.45) is 0 Å². The lowest BCUT2D eigenvalue weighted by molar-refractivity contribution is -0.118. The van der Waals surface area contributed by atoms with Gasteiger partial charge in [-0.15, -0.1) is 0 Å². The number of carbonyl (C=O) groups excluding carboxylic acids is 1. The highest BCUT2D eigenvalue weighted by atomic mass is 16.1. The van der Waals surface area contributed by atoms with Gasteiger partial charge in [0.15, 0.2) is 0 Å². The molecule has 0 amide bonds. The second kappa shape index (κ2) is 8.10. The van der Waals surface area contributed by atoms with Crippen molar-refractivity contribution in [1.29, 1.82) is 0 Å². The molecule has 0 aromatic carbocycles.